The van der Waals surface area contributed by atoms with Crippen molar-refractivity contribution in [2.45, 2.75) is 34.2 Å². The van der Waals surface area contributed by atoms with Crippen LogP contribution in [0.25, 0.3) is 6.08 Å². The lowest BCUT2D eigenvalue weighted by molar-refractivity contribution is -0.127. The number of nitrogens with zero attached hydrogens (tertiary/aromatic N) is 2. The summed E-state index contributed by atoms with van der Waals surface area (Å²) < 4.78 is 7.51. The van der Waals surface area contributed by atoms with Gasteiger partial charge in [-0.25, -0.2) is 0 Å². The number of carbonyl (C=O) groups excluding carboxylic acids is 3. The Bertz CT molecular complexity index is 1010. The number of anilines is 1. The fourth-order valence-electron chi connectivity index (χ4n) is 3.38. The van der Waals surface area contributed by atoms with Crippen LogP contribution in [0.2, 0.25) is 0 Å². The number of ether oxygens (including phenoxy) is 1. The van der Waals surface area contributed by atoms with Crippen LogP contribution in [0.3, 0.4) is 0 Å². The van der Waals surface area contributed by atoms with Crippen LogP contribution in [-0.4, -0.2) is 39.7 Å². The maximum Gasteiger partial charge on any atom is 0.294 e. The van der Waals surface area contributed by atoms with Gasteiger partial charge >= 0.3 is 0 Å². The predicted molar refractivity (Wildman–Crippen MR) is 118 cm³/mol. The van der Waals surface area contributed by atoms with Crippen LogP contribution in [0.4, 0.5) is 10.5 Å². The van der Waals surface area contributed by atoms with E-state index in [-0.39, 0.29) is 6.54 Å². The molecule has 0 aliphatic carbocycles. The summed E-state index contributed by atoms with van der Waals surface area (Å²) in [6.07, 6.45) is 1.73. The Morgan fingerprint density at radius 3 is 2.47 bits per heavy atom. The fraction of sp³-hybridized carbons (Fsp3) is 0.318. The molecule has 2 heterocycles. The quantitative estimate of drug-likeness (QED) is 0.670. The summed E-state index contributed by atoms with van der Waals surface area (Å²) in [5.74, 6) is -0.186. The minimum atomic E-state index is -0.451. The molecule has 0 saturated carbocycles. The van der Waals surface area contributed by atoms with Crippen molar-refractivity contribution in [1.82, 2.24) is 9.47 Å². The van der Waals surface area contributed by atoms with E-state index in [9.17, 15) is 14.4 Å². The van der Waals surface area contributed by atoms with Crippen molar-refractivity contribution in [3.8, 4) is 5.75 Å². The van der Waals surface area contributed by atoms with Crippen LogP contribution >= 0.6 is 11.8 Å². The SMILES string of the molecule is CCOc1ccc(NC(=O)CN2C(=O)S/C(=C/c3cc(C)n(CC)c3C)C2=O)cc1. The first-order chi connectivity index (χ1) is 14.3. The van der Waals surface area contributed by atoms with E-state index in [0.29, 0.717) is 22.9 Å². The van der Waals surface area contributed by atoms with Crippen LogP contribution < -0.4 is 10.1 Å². The van der Waals surface area contributed by atoms with E-state index >= 15 is 0 Å². The van der Waals surface area contributed by atoms with Gasteiger partial charge in [-0.3, -0.25) is 19.3 Å². The van der Waals surface area contributed by atoms with E-state index in [1.807, 2.05) is 26.8 Å². The number of amides is 3. The highest BCUT2D eigenvalue weighted by Gasteiger charge is 2.36. The second-order valence-electron chi connectivity index (χ2n) is 6.84. The van der Waals surface area contributed by atoms with Crippen LogP contribution in [0.15, 0.2) is 35.2 Å². The standard InChI is InChI=1S/C22H25N3O4S/c1-5-24-14(3)11-16(15(24)4)12-19-21(27)25(22(28)30-19)13-20(26)23-17-7-9-18(10-8-17)29-6-2/h7-12H,5-6,13H2,1-4H3,(H,23,26)/b19-12+. The molecule has 0 unspecified atom stereocenters. The molecule has 1 aliphatic rings. The van der Waals surface area contributed by atoms with E-state index in [2.05, 4.69) is 16.8 Å². The minimum Gasteiger partial charge on any atom is -0.494 e. The first-order valence-electron chi connectivity index (χ1n) is 9.78. The number of hydrogen-bond donors (Lipinski definition) is 1. The van der Waals surface area contributed by atoms with E-state index < -0.39 is 17.1 Å². The number of aromatic nitrogens is 1. The largest absolute Gasteiger partial charge is 0.494 e. The first kappa shape index (κ1) is 21.7. The summed E-state index contributed by atoms with van der Waals surface area (Å²) in [5.41, 5.74) is 3.60. The van der Waals surface area contributed by atoms with E-state index in [1.54, 1.807) is 30.3 Å². The zero-order valence-corrected chi connectivity index (χ0v) is 18.3. The zero-order valence-electron chi connectivity index (χ0n) is 17.5. The van der Waals surface area contributed by atoms with Gasteiger partial charge in [-0.15, -0.1) is 0 Å². The number of carbonyl (C=O) groups is 3. The maximum atomic E-state index is 12.7. The summed E-state index contributed by atoms with van der Waals surface area (Å²) >= 11 is 0.857. The van der Waals surface area contributed by atoms with E-state index in [1.165, 1.54) is 0 Å². The Morgan fingerprint density at radius 1 is 1.17 bits per heavy atom. The zero-order chi connectivity index (χ0) is 21.8. The van der Waals surface area contributed by atoms with Crippen molar-refractivity contribution in [3.63, 3.8) is 0 Å². The average Bonchev–Trinajstić information content (AvgIpc) is 3.13. The molecule has 1 aromatic carbocycles. The number of thioether (sulfide) groups is 1. The Balaban J connectivity index is 1.68. The van der Waals surface area contributed by atoms with Crippen molar-refractivity contribution in [3.05, 3.63) is 52.2 Å². The van der Waals surface area contributed by atoms with Crippen LogP contribution in [0.5, 0.6) is 5.75 Å². The highest BCUT2D eigenvalue weighted by Crippen LogP contribution is 2.33. The lowest BCUT2D eigenvalue weighted by Crippen LogP contribution is -2.36. The number of nitrogens with one attached hydrogen (secondary N) is 1. The number of benzene rings is 1. The van der Waals surface area contributed by atoms with Crippen LogP contribution in [-0.2, 0) is 16.1 Å². The van der Waals surface area contributed by atoms with Gasteiger partial charge in [0.2, 0.25) is 5.91 Å². The molecule has 0 atom stereocenters. The summed E-state index contributed by atoms with van der Waals surface area (Å²) in [6, 6.07) is 8.90. The van der Waals surface area contributed by atoms with Gasteiger partial charge in [0.15, 0.2) is 0 Å². The second-order valence-corrected chi connectivity index (χ2v) is 7.84. The fourth-order valence-corrected chi connectivity index (χ4v) is 4.21. The van der Waals surface area contributed by atoms with Crippen LogP contribution in [0.1, 0.15) is 30.8 Å². The number of imide groups is 1. The first-order valence-corrected chi connectivity index (χ1v) is 10.6. The van der Waals surface area contributed by atoms with Gasteiger partial charge < -0.3 is 14.6 Å². The molecule has 158 valence electrons. The minimum absolute atomic E-state index is 0.324. The van der Waals surface area contributed by atoms with Gasteiger partial charge in [-0.2, -0.15) is 0 Å². The Hall–Kier alpha value is -3.00. The molecule has 3 rings (SSSR count). The van der Waals surface area contributed by atoms with Gasteiger partial charge in [0.25, 0.3) is 11.1 Å². The summed E-state index contributed by atoms with van der Waals surface area (Å²) in [4.78, 5) is 38.7. The molecule has 30 heavy (non-hydrogen) atoms. The smallest absolute Gasteiger partial charge is 0.294 e. The van der Waals surface area contributed by atoms with Gasteiger partial charge in [-0.05, 0) is 81.4 Å². The molecule has 3 amide bonds. The molecular weight excluding hydrogens is 402 g/mol. The lowest BCUT2D eigenvalue weighted by Gasteiger charge is -2.12. The van der Waals surface area contributed by atoms with Gasteiger partial charge in [-0.1, -0.05) is 0 Å². The summed E-state index contributed by atoms with van der Waals surface area (Å²) in [7, 11) is 0. The monoisotopic (exact) mass is 427 g/mol. The molecule has 0 spiro atoms. The predicted octanol–water partition coefficient (Wildman–Crippen LogP) is 4.20. The number of hydrogen-bond acceptors (Lipinski definition) is 5. The number of rotatable bonds is 7. The third-order valence-corrected chi connectivity index (χ3v) is 5.75. The van der Waals surface area contributed by atoms with Crippen molar-refractivity contribution in [1.29, 1.82) is 0 Å². The molecule has 1 N–H and O–H groups in total. The third kappa shape index (κ3) is 4.59. The van der Waals surface area contributed by atoms with Crippen LogP contribution in [0, 0.1) is 13.8 Å². The van der Waals surface area contributed by atoms with Gasteiger partial charge in [0, 0.05) is 23.6 Å². The molecule has 1 fully saturated rings. The number of aryl methyl sites for hydroxylation is 1. The molecule has 1 aliphatic heterocycles. The van der Waals surface area contributed by atoms with Crippen molar-refractivity contribution < 1.29 is 19.1 Å². The highest BCUT2D eigenvalue weighted by atomic mass is 32.2. The molecule has 0 radical (unpaired) electrons. The average molecular weight is 428 g/mol. The molecule has 1 saturated heterocycles. The lowest BCUT2D eigenvalue weighted by atomic mass is 10.2. The Kier molecular flexibility index (Phi) is 6.66. The molecule has 2 aromatic rings. The maximum absolute atomic E-state index is 12.7. The van der Waals surface area contributed by atoms with Gasteiger partial charge in [0.1, 0.15) is 12.3 Å². The molecule has 7 nitrogen and oxygen atoms in total. The Morgan fingerprint density at radius 2 is 1.87 bits per heavy atom. The molecule has 0 bridgehead atoms. The highest BCUT2D eigenvalue weighted by molar-refractivity contribution is 8.18. The topological polar surface area (TPSA) is 80.6 Å². The second kappa shape index (κ2) is 9.21. The third-order valence-electron chi connectivity index (χ3n) is 4.84. The molecule has 1 aromatic heterocycles. The summed E-state index contributed by atoms with van der Waals surface area (Å²) in [5, 5.41) is 2.25. The van der Waals surface area contributed by atoms with Crippen molar-refractivity contribution in [2.24, 2.45) is 0 Å². The molecule has 8 heteroatoms. The summed E-state index contributed by atoms with van der Waals surface area (Å²) in [6.45, 7) is 8.99. The Labute approximate surface area is 180 Å². The van der Waals surface area contributed by atoms with E-state index in [0.717, 1.165) is 40.2 Å². The molecular formula is C22H25N3O4S. The van der Waals surface area contributed by atoms with Gasteiger partial charge in [0.05, 0.1) is 11.5 Å². The van der Waals surface area contributed by atoms with Crippen molar-refractivity contribution in [2.75, 3.05) is 18.5 Å². The van der Waals surface area contributed by atoms with Crippen molar-refractivity contribution >= 4 is 40.6 Å². The van der Waals surface area contributed by atoms with E-state index in [4.69, 9.17) is 4.74 Å². The normalized spacial score (nSPS) is 15.2.